The lowest BCUT2D eigenvalue weighted by Crippen LogP contribution is -2.49. The molecule has 160 valence electrons. The van der Waals surface area contributed by atoms with Crippen molar-refractivity contribution >= 4 is 26.4 Å². The van der Waals surface area contributed by atoms with Crippen LogP contribution in [0.3, 0.4) is 0 Å². The molecule has 0 radical (unpaired) electrons. The summed E-state index contributed by atoms with van der Waals surface area (Å²) in [5.41, 5.74) is 0. The van der Waals surface area contributed by atoms with Gasteiger partial charge in [0.15, 0.2) is 0 Å². The summed E-state index contributed by atoms with van der Waals surface area (Å²) in [6.45, 7) is 1.49. The minimum absolute atomic E-state index is 0.232. The molecule has 12 nitrogen and oxygen atoms in total. The van der Waals surface area contributed by atoms with Gasteiger partial charge in [0.05, 0.1) is 19.6 Å². The lowest BCUT2D eigenvalue weighted by atomic mass is 10.3. The van der Waals surface area contributed by atoms with Crippen LogP contribution in [0.25, 0.3) is 0 Å². The molecule has 0 spiro atoms. The highest BCUT2D eigenvalue weighted by Crippen LogP contribution is 2.10. The molecule has 13 heteroatoms. The molecule has 0 amide bonds. The first-order valence-corrected chi connectivity index (χ1v) is 9.82. The summed E-state index contributed by atoms with van der Waals surface area (Å²) in [4.78, 5) is 39.7. The van der Waals surface area contributed by atoms with Gasteiger partial charge in [0.2, 0.25) is 0 Å². The third-order valence-electron chi connectivity index (χ3n) is 4.40. The van der Waals surface area contributed by atoms with E-state index >= 15 is 0 Å². The molecule has 2 unspecified atom stereocenters. The first kappa shape index (κ1) is 24.3. The summed E-state index contributed by atoms with van der Waals surface area (Å²) < 4.78 is 11.1. The van der Waals surface area contributed by atoms with Crippen LogP contribution in [-0.2, 0) is 18.9 Å². The van der Waals surface area contributed by atoms with Crippen LogP contribution in [0.2, 0.25) is 0 Å². The van der Waals surface area contributed by atoms with Gasteiger partial charge in [0, 0.05) is 52.4 Å². The molecule has 1 fully saturated rings. The highest BCUT2D eigenvalue weighted by molar-refractivity contribution is 7.24. The van der Waals surface area contributed by atoms with Gasteiger partial charge in [-0.1, -0.05) is 4.57 Å². The van der Waals surface area contributed by atoms with E-state index in [4.69, 9.17) is 15.3 Å². The zero-order valence-electron chi connectivity index (χ0n) is 15.6. The Balaban J connectivity index is 2.93. The predicted octanol–water partition coefficient (Wildman–Crippen LogP) is -2.24. The average molecular weight is 423 g/mol. The van der Waals surface area contributed by atoms with E-state index in [1.807, 2.05) is 0 Å². The standard InChI is InChI=1S/C15H27N4O8P/c20-12(21)9-16-1-3-17(10-13(22)23)5-7-19(15(26)28-27)8-6-18(4-2-16)11-14(24)25/h15,26H,1-11H2,(H,20,21)(H,22,23)(H,24,25)/p+1. The number of carbonyl (C=O) groups is 3. The second-order valence-electron chi connectivity index (χ2n) is 6.54. The number of hydrogen-bond donors (Lipinski definition) is 4. The average Bonchev–Trinajstić information content (AvgIpc) is 2.59. The number of rotatable bonds is 8. The molecule has 1 heterocycles. The molecule has 0 saturated carbocycles. The fourth-order valence-corrected chi connectivity index (χ4v) is 3.33. The van der Waals surface area contributed by atoms with E-state index in [0.29, 0.717) is 26.2 Å². The van der Waals surface area contributed by atoms with Crippen LogP contribution in [0.4, 0.5) is 0 Å². The maximum Gasteiger partial charge on any atom is 0.373 e. The van der Waals surface area contributed by atoms with E-state index in [-0.39, 0.29) is 45.8 Å². The molecule has 0 bridgehead atoms. The van der Waals surface area contributed by atoms with Gasteiger partial charge < -0.3 is 20.4 Å². The Hall–Kier alpha value is -1.69. The first-order valence-electron chi connectivity index (χ1n) is 8.83. The van der Waals surface area contributed by atoms with Crippen LogP contribution in [0.15, 0.2) is 0 Å². The second kappa shape index (κ2) is 12.7. The minimum Gasteiger partial charge on any atom is -0.480 e. The molecule has 2 atom stereocenters. The summed E-state index contributed by atoms with van der Waals surface area (Å²) in [5.74, 6) is -4.29. The van der Waals surface area contributed by atoms with Crippen molar-refractivity contribution in [2.45, 2.75) is 5.97 Å². The molecule has 28 heavy (non-hydrogen) atoms. The molecule has 1 rings (SSSR count). The van der Waals surface area contributed by atoms with Gasteiger partial charge in [0.25, 0.3) is 0 Å². The predicted molar refractivity (Wildman–Crippen MR) is 98.8 cm³/mol. The fourth-order valence-electron chi connectivity index (χ4n) is 2.92. The number of nitrogens with zero attached hydrogens (tertiary/aromatic N) is 4. The van der Waals surface area contributed by atoms with Crippen LogP contribution in [0, 0.1) is 0 Å². The van der Waals surface area contributed by atoms with E-state index in [9.17, 15) is 24.1 Å². The fraction of sp³-hybridized carbons (Fsp3) is 0.800. The zero-order chi connectivity index (χ0) is 21.1. The molecule has 0 aromatic rings. The Kier molecular flexibility index (Phi) is 11.0. The third kappa shape index (κ3) is 10.0. The Labute approximate surface area is 164 Å². The Bertz CT molecular complexity index is 520. The van der Waals surface area contributed by atoms with Crippen LogP contribution < -0.4 is 0 Å². The van der Waals surface area contributed by atoms with Crippen LogP contribution in [-0.4, -0.2) is 136 Å². The molecule has 4 N–H and O–H groups in total. The van der Waals surface area contributed by atoms with E-state index in [0.717, 1.165) is 0 Å². The number of hydrogen-bond acceptors (Lipinski definition) is 9. The van der Waals surface area contributed by atoms with Crippen molar-refractivity contribution in [3.05, 3.63) is 0 Å². The molecule has 1 aliphatic rings. The van der Waals surface area contributed by atoms with Crippen molar-refractivity contribution < 1.29 is 39.4 Å². The van der Waals surface area contributed by atoms with E-state index < -0.39 is 32.3 Å². The van der Waals surface area contributed by atoms with Crippen molar-refractivity contribution in [3.63, 3.8) is 0 Å². The Morgan fingerprint density at radius 3 is 1.21 bits per heavy atom. The summed E-state index contributed by atoms with van der Waals surface area (Å²) in [5, 5.41) is 37.2. The maximum absolute atomic E-state index is 11.1. The van der Waals surface area contributed by atoms with Gasteiger partial charge in [-0.05, 0) is 0 Å². The quantitative estimate of drug-likeness (QED) is 0.311. The lowest BCUT2D eigenvalue weighted by molar-refractivity contribution is -0.140. The number of aliphatic hydroxyl groups excluding tert-OH is 1. The molecular formula is C15H28N4O8P+. The Morgan fingerprint density at radius 1 is 0.679 bits per heavy atom. The van der Waals surface area contributed by atoms with Crippen LogP contribution >= 0.6 is 8.46 Å². The van der Waals surface area contributed by atoms with Gasteiger partial charge >= 0.3 is 32.3 Å². The van der Waals surface area contributed by atoms with Crippen molar-refractivity contribution in [1.82, 2.24) is 19.6 Å². The van der Waals surface area contributed by atoms with E-state index in [2.05, 4.69) is 0 Å². The summed E-state index contributed by atoms with van der Waals surface area (Å²) in [6, 6.07) is 0. The van der Waals surface area contributed by atoms with Gasteiger partial charge in [-0.15, -0.1) is 0 Å². The lowest BCUT2D eigenvalue weighted by Gasteiger charge is -2.32. The van der Waals surface area contributed by atoms with Crippen LogP contribution in [0.5, 0.6) is 0 Å². The minimum atomic E-state index is -1.22. The summed E-state index contributed by atoms with van der Waals surface area (Å²) in [6.07, 6.45) is 0. The number of carboxylic acids is 3. The zero-order valence-corrected chi connectivity index (χ0v) is 16.6. The molecule has 0 aliphatic carbocycles. The first-order chi connectivity index (χ1) is 13.2. The summed E-state index contributed by atoms with van der Waals surface area (Å²) >= 11 is 0. The normalized spacial score (nSPS) is 20.9. The molecule has 0 aromatic heterocycles. The third-order valence-corrected chi connectivity index (χ3v) is 4.98. The second-order valence-corrected chi connectivity index (χ2v) is 7.29. The van der Waals surface area contributed by atoms with Gasteiger partial charge in [0.1, 0.15) is 0 Å². The van der Waals surface area contributed by atoms with Gasteiger partial charge in [-0.25, -0.2) is 4.90 Å². The highest BCUT2D eigenvalue weighted by atomic mass is 31.1. The SMILES string of the molecule is O=[PH+]C(O)N1CCN(CC(=O)O)CCN(CC(=O)O)CCN(CC(=O)O)CC1. The van der Waals surface area contributed by atoms with Crippen LogP contribution in [0.1, 0.15) is 0 Å². The van der Waals surface area contributed by atoms with Crippen molar-refractivity contribution in [1.29, 1.82) is 0 Å². The van der Waals surface area contributed by atoms with Gasteiger partial charge in [-0.2, -0.15) is 0 Å². The number of carboxylic acid groups (broad SMARTS) is 3. The van der Waals surface area contributed by atoms with Crippen molar-refractivity contribution in [2.24, 2.45) is 0 Å². The van der Waals surface area contributed by atoms with Crippen molar-refractivity contribution in [2.75, 3.05) is 72.0 Å². The molecule has 0 aromatic carbocycles. The Morgan fingerprint density at radius 2 is 0.964 bits per heavy atom. The molecule has 1 saturated heterocycles. The largest absolute Gasteiger partial charge is 0.480 e. The number of aliphatic carboxylic acids is 3. The topological polar surface area (TPSA) is 162 Å². The highest BCUT2D eigenvalue weighted by Gasteiger charge is 2.25. The van der Waals surface area contributed by atoms with E-state index in [1.54, 1.807) is 14.7 Å². The molecule has 1 aliphatic heterocycles. The van der Waals surface area contributed by atoms with Gasteiger partial charge in [-0.3, -0.25) is 29.1 Å². The smallest absolute Gasteiger partial charge is 0.373 e. The maximum atomic E-state index is 11.1. The molecular weight excluding hydrogens is 395 g/mol. The monoisotopic (exact) mass is 423 g/mol. The summed E-state index contributed by atoms with van der Waals surface area (Å²) in [7, 11) is -0.993. The van der Waals surface area contributed by atoms with Crippen molar-refractivity contribution in [3.8, 4) is 0 Å². The van der Waals surface area contributed by atoms with E-state index in [1.165, 1.54) is 4.90 Å². The number of aliphatic hydroxyl groups is 1.